The Kier molecular flexibility index (Phi) is 5.79. The van der Waals surface area contributed by atoms with Gasteiger partial charge in [0, 0.05) is 29.4 Å². The van der Waals surface area contributed by atoms with Crippen LogP contribution in [0.15, 0.2) is 30.3 Å². The Balaban J connectivity index is 1.57. The molecule has 1 aromatic heterocycles. The summed E-state index contributed by atoms with van der Waals surface area (Å²) in [5.74, 6) is 2.00. The summed E-state index contributed by atoms with van der Waals surface area (Å²) < 4.78 is 10.7. The number of aromatic amines is 1. The minimum absolute atomic E-state index is 0.152. The lowest BCUT2D eigenvalue weighted by atomic mass is 9.96. The Labute approximate surface area is 176 Å². The van der Waals surface area contributed by atoms with E-state index in [4.69, 9.17) is 14.5 Å². The van der Waals surface area contributed by atoms with Gasteiger partial charge in [-0.05, 0) is 31.4 Å². The number of anilines is 1. The van der Waals surface area contributed by atoms with Gasteiger partial charge in [-0.15, -0.1) is 0 Å². The number of ether oxygens (including phenoxy) is 2. The van der Waals surface area contributed by atoms with Crippen LogP contribution in [0.5, 0.6) is 11.5 Å². The van der Waals surface area contributed by atoms with E-state index < -0.39 is 0 Å². The molecule has 0 aliphatic heterocycles. The molecule has 7 heteroatoms. The molecule has 2 amide bonds. The van der Waals surface area contributed by atoms with E-state index in [1.807, 2.05) is 37.3 Å². The number of nitrogens with zero attached hydrogens (tertiary/aromatic N) is 1. The second-order valence-corrected chi connectivity index (χ2v) is 7.77. The van der Waals surface area contributed by atoms with Crippen LogP contribution in [0.3, 0.4) is 0 Å². The van der Waals surface area contributed by atoms with E-state index in [1.165, 1.54) is 19.3 Å². The van der Waals surface area contributed by atoms with Gasteiger partial charge in [-0.2, -0.15) is 0 Å². The fraction of sp³-hybridized carbons (Fsp3) is 0.391. The van der Waals surface area contributed by atoms with Crippen molar-refractivity contribution >= 4 is 22.8 Å². The summed E-state index contributed by atoms with van der Waals surface area (Å²) in [5.41, 5.74) is 4.30. The minimum atomic E-state index is -0.152. The van der Waals surface area contributed by atoms with Gasteiger partial charge in [-0.25, -0.2) is 9.78 Å². The van der Waals surface area contributed by atoms with Gasteiger partial charge in [0.05, 0.1) is 25.3 Å². The zero-order valence-electron chi connectivity index (χ0n) is 17.7. The number of H-pyrrole nitrogens is 1. The monoisotopic (exact) mass is 408 g/mol. The third kappa shape index (κ3) is 4.20. The molecule has 0 spiro atoms. The lowest BCUT2D eigenvalue weighted by Gasteiger charge is -2.23. The molecular weight excluding hydrogens is 380 g/mol. The van der Waals surface area contributed by atoms with Crippen molar-refractivity contribution < 1.29 is 14.3 Å². The number of carbonyl (C=O) groups excluding carboxylic acids is 1. The Morgan fingerprint density at radius 3 is 2.53 bits per heavy atom. The molecule has 30 heavy (non-hydrogen) atoms. The van der Waals surface area contributed by atoms with Crippen molar-refractivity contribution in [1.29, 1.82) is 0 Å². The number of amides is 2. The normalized spacial score (nSPS) is 14.5. The summed E-state index contributed by atoms with van der Waals surface area (Å²) in [5, 5.41) is 6.11. The van der Waals surface area contributed by atoms with Gasteiger partial charge in [-0.1, -0.05) is 31.4 Å². The number of urea groups is 1. The molecule has 1 aliphatic carbocycles. The molecule has 158 valence electrons. The number of hydrogen-bond acceptors (Lipinski definition) is 4. The Morgan fingerprint density at radius 2 is 1.80 bits per heavy atom. The summed E-state index contributed by atoms with van der Waals surface area (Å²) in [7, 11) is 3.21. The molecule has 1 heterocycles. The number of rotatable bonds is 5. The molecule has 1 aliphatic rings. The zero-order valence-corrected chi connectivity index (χ0v) is 17.7. The smallest absolute Gasteiger partial charge is 0.319 e. The third-order valence-electron chi connectivity index (χ3n) is 5.69. The van der Waals surface area contributed by atoms with E-state index in [0.29, 0.717) is 11.5 Å². The molecule has 0 saturated heterocycles. The highest BCUT2D eigenvalue weighted by atomic mass is 16.5. The van der Waals surface area contributed by atoms with Crippen molar-refractivity contribution in [3.05, 3.63) is 35.9 Å². The number of hydrogen-bond donors (Lipinski definition) is 3. The van der Waals surface area contributed by atoms with Gasteiger partial charge in [0.25, 0.3) is 0 Å². The number of aromatic nitrogens is 2. The first-order valence-corrected chi connectivity index (χ1v) is 10.4. The van der Waals surface area contributed by atoms with Crippen LogP contribution in [0, 0.1) is 6.92 Å². The van der Waals surface area contributed by atoms with E-state index >= 15 is 0 Å². The number of aryl methyl sites for hydroxylation is 1. The van der Waals surface area contributed by atoms with Crippen molar-refractivity contribution in [1.82, 2.24) is 15.3 Å². The van der Waals surface area contributed by atoms with Crippen LogP contribution in [0.1, 0.15) is 37.7 Å². The van der Waals surface area contributed by atoms with Crippen LogP contribution in [-0.4, -0.2) is 36.3 Å². The molecule has 7 nitrogen and oxygen atoms in total. The largest absolute Gasteiger partial charge is 0.493 e. The van der Waals surface area contributed by atoms with Gasteiger partial charge in [-0.3, -0.25) is 0 Å². The molecule has 2 aromatic carbocycles. The quantitative estimate of drug-likeness (QED) is 0.554. The lowest BCUT2D eigenvalue weighted by Crippen LogP contribution is -2.39. The average molecular weight is 409 g/mol. The lowest BCUT2D eigenvalue weighted by molar-refractivity contribution is 0.244. The van der Waals surface area contributed by atoms with Crippen molar-refractivity contribution in [3.8, 4) is 22.9 Å². The molecule has 0 bridgehead atoms. The van der Waals surface area contributed by atoms with Crippen LogP contribution >= 0.6 is 0 Å². The van der Waals surface area contributed by atoms with Crippen LogP contribution in [0.2, 0.25) is 0 Å². The summed E-state index contributed by atoms with van der Waals surface area (Å²) in [4.78, 5) is 20.5. The van der Waals surface area contributed by atoms with Crippen molar-refractivity contribution in [2.24, 2.45) is 0 Å². The molecule has 1 fully saturated rings. The standard InChI is InChI=1S/C23H28N4O3/c1-14-9-10-15(11-17(14)27-23(28)24-16-7-5-4-6-8-16)22-25-18-12-20(29-2)21(30-3)13-19(18)26-22/h9-13,16H,4-8H2,1-3H3,(H,25,26)(H2,24,27,28). The summed E-state index contributed by atoms with van der Waals surface area (Å²) in [6.45, 7) is 1.98. The summed E-state index contributed by atoms with van der Waals surface area (Å²) in [6, 6.07) is 9.76. The first-order chi connectivity index (χ1) is 14.6. The molecule has 1 saturated carbocycles. The van der Waals surface area contributed by atoms with Gasteiger partial charge in [0.15, 0.2) is 11.5 Å². The highest BCUT2D eigenvalue weighted by Gasteiger charge is 2.17. The van der Waals surface area contributed by atoms with Crippen molar-refractivity contribution in [2.45, 2.75) is 45.1 Å². The number of nitrogens with one attached hydrogen (secondary N) is 3. The van der Waals surface area contributed by atoms with E-state index in [1.54, 1.807) is 14.2 Å². The zero-order chi connectivity index (χ0) is 21.1. The topological polar surface area (TPSA) is 88.3 Å². The predicted molar refractivity (Wildman–Crippen MR) is 118 cm³/mol. The van der Waals surface area contributed by atoms with Gasteiger partial charge in [0.2, 0.25) is 0 Å². The second kappa shape index (κ2) is 8.65. The van der Waals surface area contributed by atoms with E-state index in [-0.39, 0.29) is 12.1 Å². The van der Waals surface area contributed by atoms with Crippen LogP contribution in [-0.2, 0) is 0 Å². The maximum Gasteiger partial charge on any atom is 0.319 e. The number of imidazole rings is 1. The van der Waals surface area contributed by atoms with Crippen molar-refractivity contribution in [3.63, 3.8) is 0 Å². The highest BCUT2D eigenvalue weighted by Crippen LogP contribution is 2.33. The molecule has 4 rings (SSSR count). The number of benzene rings is 2. The maximum atomic E-state index is 12.5. The van der Waals surface area contributed by atoms with Gasteiger partial charge < -0.3 is 25.1 Å². The Hall–Kier alpha value is -3.22. The average Bonchev–Trinajstić information content (AvgIpc) is 3.17. The van der Waals surface area contributed by atoms with E-state index in [0.717, 1.165) is 46.5 Å². The Morgan fingerprint density at radius 1 is 1.07 bits per heavy atom. The highest BCUT2D eigenvalue weighted by molar-refractivity contribution is 5.91. The minimum Gasteiger partial charge on any atom is -0.493 e. The Bertz CT molecular complexity index is 1010. The fourth-order valence-corrected chi connectivity index (χ4v) is 3.97. The molecule has 0 unspecified atom stereocenters. The SMILES string of the molecule is COc1cc2nc(-c3ccc(C)c(NC(=O)NC4CCCCC4)c3)[nH]c2cc1OC. The van der Waals surface area contributed by atoms with Gasteiger partial charge >= 0.3 is 6.03 Å². The predicted octanol–water partition coefficient (Wildman–Crippen LogP) is 5.01. The number of methoxy groups -OCH3 is 2. The van der Waals surface area contributed by atoms with E-state index in [9.17, 15) is 4.79 Å². The molecule has 0 radical (unpaired) electrons. The van der Waals surface area contributed by atoms with Crippen LogP contribution < -0.4 is 20.1 Å². The molecule has 3 aromatic rings. The maximum absolute atomic E-state index is 12.5. The molecule has 3 N–H and O–H groups in total. The first-order valence-electron chi connectivity index (χ1n) is 10.4. The van der Waals surface area contributed by atoms with Crippen LogP contribution in [0.25, 0.3) is 22.4 Å². The second-order valence-electron chi connectivity index (χ2n) is 7.77. The molecule has 0 atom stereocenters. The molecular formula is C23H28N4O3. The van der Waals surface area contributed by atoms with Gasteiger partial charge in [0.1, 0.15) is 5.82 Å². The van der Waals surface area contributed by atoms with E-state index in [2.05, 4.69) is 15.6 Å². The summed E-state index contributed by atoms with van der Waals surface area (Å²) >= 11 is 0. The third-order valence-corrected chi connectivity index (χ3v) is 5.69. The fourth-order valence-electron chi connectivity index (χ4n) is 3.97. The van der Waals surface area contributed by atoms with Crippen LogP contribution in [0.4, 0.5) is 10.5 Å². The number of carbonyl (C=O) groups is 1. The summed E-state index contributed by atoms with van der Waals surface area (Å²) in [6.07, 6.45) is 5.73. The number of fused-ring (bicyclic) bond motifs is 1. The first kappa shape index (κ1) is 20.1. The van der Waals surface area contributed by atoms with Crippen molar-refractivity contribution in [2.75, 3.05) is 19.5 Å².